The maximum Gasteiger partial charge on any atom is 0.433 e. The summed E-state index contributed by atoms with van der Waals surface area (Å²) in [6.45, 7) is 1.33. The molecule has 3 rings (SSSR count). The molecule has 1 atom stereocenters. The molecule has 166 valence electrons. The zero-order valence-electron chi connectivity index (χ0n) is 17.3. The number of nitrogens with zero attached hydrogens (tertiary/aromatic N) is 2. The van der Waals surface area contributed by atoms with Crippen LogP contribution < -0.4 is 20.8 Å². The number of likely N-dealkylation sites (tertiary alicyclic amines) is 1. The zero-order chi connectivity index (χ0) is 22.6. The van der Waals surface area contributed by atoms with Gasteiger partial charge in [0.2, 0.25) is 0 Å². The van der Waals surface area contributed by atoms with E-state index in [4.69, 9.17) is 10.5 Å². The normalized spacial score (nSPS) is 17.6. The van der Waals surface area contributed by atoms with Gasteiger partial charge in [-0.05, 0) is 44.3 Å². The summed E-state index contributed by atoms with van der Waals surface area (Å²) in [6, 6.07) is 7.38. The zero-order valence-corrected chi connectivity index (χ0v) is 17.3. The van der Waals surface area contributed by atoms with Crippen molar-refractivity contribution in [2.75, 3.05) is 32.9 Å². The van der Waals surface area contributed by atoms with Gasteiger partial charge in [0.05, 0.1) is 5.56 Å². The first-order chi connectivity index (χ1) is 14.7. The summed E-state index contributed by atoms with van der Waals surface area (Å²) in [7, 11) is 3.59. The molecule has 1 saturated heterocycles. The van der Waals surface area contributed by atoms with Crippen molar-refractivity contribution in [1.82, 2.24) is 15.2 Å². The Morgan fingerprint density at radius 2 is 2.16 bits per heavy atom. The highest BCUT2D eigenvalue weighted by molar-refractivity contribution is 6.44. The summed E-state index contributed by atoms with van der Waals surface area (Å²) in [4.78, 5) is 21.2. The number of benzene rings is 1. The number of amides is 1. The molecule has 1 fully saturated rings. The summed E-state index contributed by atoms with van der Waals surface area (Å²) in [6.07, 6.45) is -2.64. The summed E-state index contributed by atoms with van der Waals surface area (Å²) in [5.41, 5.74) is 5.99. The van der Waals surface area contributed by atoms with Gasteiger partial charge in [-0.25, -0.2) is 4.99 Å². The van der Waals surface area contributed by atoms with Crippen molar-refractivity contribution in [3.8, 4) is 5.75 Å². The molecule has 0 spiro atoms. The lowest BCUT2D eigenvalue weighted by molar-refractivity contribution is -0.418. The largest absolute Gasteiger partial charge is 0.489 e. The van der Waals surface area contributed by atoms with Crippen molar-refractivity contribution in [3.63, 3.8) is 0 Å². The lowest BCUT2D eigenvalue weighted by Gasteiger charge is -2.14. The fraction of sp³-hybridized carbons (Fsp3) is 0.381. The van der Waals surface area contributed by atoms with Crippen molar-refractivity contribution in [1.29, 1.82) is 0 Å². The van der Waals surface area contributed by atoms with Crippen molar-refractivity contribution in [2.45, 2.75) is 25.2 Å². The molecule has 0 radical (unpaired) electrons. The highest BCUT2D eigenvalue weighted by Gasteiger charge is 2.35. The maximum atomic E-state index is 13.1. The van der Waals surface area contributed by atoms with E-state index in [1.54, 1.807) is 19.2 Å². The summed E-state index contributed by atoms with van der Waals surface area (Å²) in [5.74, 6) is -0.0272. The first-order valence-corrected chi connectivity index (χ1v) is 9.77. The number of nitrogen functional groups attached to an aromatic ring is 1. The van der Waals surface area contributed by atoms with Crippen LogP contribution in [0, 0.1) is 0 Å². The minimum Gasteiger partial charge on any atom is -0.489 e. The highest BCUT2D eigenvalue weighted by Crippen LogP contribution is 2.31. The van der Waals surface area contributed by atoms with Crippen LogP contribution in [0.15, 0.2) is 36.5 Å². The molecule has 1 unspecified atom stereocenters. The van der Waals surface area contributed by atoms with Gasteiger partial charge in [0.1, 0.15) is 19.4 Å². The Morgan fingerprint density at radius 1 is 1.39 bits per heavy atom. The van der Waals surface area contributed by atoms with Crippen molar-refractivity contribution in [2.24, 2.45) is 0 Å². The van der Waals surface area contributed by atoms with Gasteiger partial charge in [-0.3, -0.25) is 9.78 Å². The molecule has 1 aromatic heterocycles. The number of anilines is 1. The first kappa shape index (κ1) is 22.5. The Labute approximate surface area is 178 Å². The lowest BCUT2D eigenvalue weighted by Crippen LogP contribution is -2.72. The van der Waals surface area contributed by atoms with Crippen LogP contribution in [-0.2, 0) is 17.6 Å². The second kappa shape index (κ2) is 9.34. The van der Waals surface area contributed by atoms with Crippen LogP contribution in [0.25, 0.3) is 0 Å². The average molecular weight is 436 g/mol. The Morgan fingerprint density at radius 3 is 2.81 bits per heavy atom. The average Bonchev–Trinajstić information content (AvgIpc) is 3.13. The smallest absolute Gasteiger partial charge is 0.433 e. The van der Waals surface area contributed by atoms with E-state index in [1.165, 1.54) is 18.2 Å². The third kappa shape index (κ3) is 5.52. The van der Waals surface area contributed by atoms with Crippen molar-refractivity contribution < 1.29 is 27.7 Å². The number of ether oxygens (including phenoxy) is 1. The van der Waals surface area contributed by atoms with E-state index in [2.05, 4.69) is 20.2 Å². The summed E-state index contributed by atoms with van der Waals surface area (Å²) >= 11 is 0. The van der Waals surface area contributed by atoms with Gasteiger partial charge in [-0.1, -0.05) is 6.07 Å². The molecule has 0 saturated carbocycles. The molecule has 2 aromatic rings. The molecule has 1 aliphatic rings. The van der Waals surface area contributed by atoms with Crippen LogP contribution in [0.2, 0.25) is 0 Å². The van der Waals surface area contributed by atoms with E-state index in [-0.39, 0.29) is 35.6 Å². The van der Waals surface area contributed by atoms with E-state index in [9.17, 15) is 18.0 Å². The molecular formula is C21H25F3N5O2+. The molecule has 7 nitrogen and oxygen atoms in total. The van der Waals surface area contributed by atoms with Crippen LogP contribution in [0.3, 0.4) is 0 Å². The predicted octanol–water partition coefficient (Wildman–Crippen LogP) is 0.581. The quantitative estimate of drug-likeness (QED) is 0.455. The fourth-order valence-corrected chi connectivity index (χ4v) is 3.49. The van der Waals surface area contributed by atoms with Crippen molar-refractivity contribution >= 4 is 17.3 Å². The van der Waals surface area contributed by atoms with Gasteiger partial charge in [0.25, 0.3) is 5.71 Å². The van der Waals surface area contributed by atoms with Crippen LogP contribution in [0.4, 0.5) is 18.9 Å². The number of hydrogen-bond donors (Lipinski definition) is 3. The molecule has 1 aliphatic heterocycles. The van der Waals surface area contributed by atoms with E-state index in [0.717, 1.165) is 25.7 Å². The standard InChI is InChI=1S/C21H24F3N5O2/c1-26-18(20(30)28-14-7-9-29(2)11-14)16-10-15(5-6-17(16)25)31-12-13-4-3-8-27-19(13)21(22,23)24/h3-6,8,10,14H,7,9,11-12,25H2,1-2H3,(H,28,30)/p+1. The van der Waals surface area contributed by atoms with Gasteiger partial charge in [0.15, 0.2) is 5.69 Å². The lowest BCUT2D eigenvalue weighted by atomic mass is 10.1. The van der Waals surface area contributed by atoms with E-state index >= 15 is 0 Å². The number of hydrogen-bond acceptors (Lipinski definition) is 5. The third-order valence-electron chi connectivity index (χ3n) is 5.05. The minimum absolute atomic E-state index is 0.0351. The molecule has 1 amide bonds. The van der Waals surface area contributed by atoms with Crippen molar-refractivity contribution in [3.05, 3.63) is 53.3 Å². The number of nitrogens with two attached hydrogens (primary N) is 1. The highest BCUT2D eigenvalue weighted by atomic mass is 19.4. The molecule has 31 heavy (non-hydrogen) atoms. The topological polar surface area (TPSA) is 94.5 Å². The minimum atomic E-state index is -4.58. The van der Waals surface area contributed by atoms with Crippen LogP contribution in [0.5, 0.6) is 5.75 Å². The molecule has 2 heterocycles. The molecule has 0 aliphatic carbocycles. The van der Waals surface area contributed by atoms with Gasteiger partial charge in [-0.15, -0.1) is 0 Å². The second-order valence-corrected chi connectivity index (χ2v) is 7.39. The van der Waals surface area contributed by atoms with Crippen LogP contribution >= 0.6 is 0 Å². The first-order valence-electron chi connectivity index (χ1n) is 9.77. The van der Waals surface area contributed by atoms with Gasteiger partial charge in [0, 0.05) is 30.0 Å². The van der Waals surface area contributed by atoms with Gasteiger partial charge >= 0.3 is 12.1 Å². The number of pyridine rings is 1. The van der Waals surface area contributed by atoms with Crippen LogP contribution in [-0.4, -0.2) is 54.7 Å². The number of carbonyl (C=O) groups excluding carboxylic acids is 1. The molecule has 4 N–H and O–H groups in total. The second-order valence-electron chi connectivity index (χ2n) is 7.39. The molecular weight excluding hydrogens is 411 g/mol. The van der Waals surface area contributed by atoms with Gasteiger partial charge in [-0.2, -0.15) is 13.2 Å². The number of halogens is 3. The predicted molar refractivity (Wildman–Crippen MR) is 109 cm³/mol. The SMILES string of the molecule is C[NH+]=C(C(=O)NC1CCN(C)C1)c1cc(OCc2cccnc2C(F)(F)F)ccc1N. The van der Waals surface area contributed by atoms with E-state index < -0.39 is 11.9 Å². The van der Waals surface area contributed by atoms with E-state index in [0.29, 0.717) is 11.3 Å². The number of nitrogens with one attached hydrogen (secondary N) is 2. The van der Waals surface area contributed by atoms with E-state index in [1.807, 2.05) is 7.05 Å². The van der Waals surface area contributed by atoms with Crippen LogP contribution in [0.1, 0.15) is 23.2 Å². The fourth-order valence-electron chi connectivity index (χ4n) is 3.49. The van der Waals surface area contributed by atoms with Gasteiger partial charge < -0.3 is 20.7 Å². The number of carbonyl (C=O) groups is 1. The Bertz CT molecular complexity index is 978. The molecule has 10 heteroatoms. The monoisotopic (exact) mass is 436 g/mol. The summed E-state index contributed by atoms with van der Waals surface area (Å²) < 4.78 is 45.0. The Balaban J connectivity index is 1.76. The number of rotatable bonds is 6. The molecule has 1 aromatic carbocycles. The number of alkyl halides is 3. The maximum absolute atomic E-state index is 13.1. The number of aromatic nitrogens is 1. The Hall–Kier alpha value is -3.14. The molecule has 0 bridgehead atoms. The third-order valence-corrected chi connectivity index (χ3v) is 5.05. The number of likely N-dealkylation sites (N-methyl/N-ethyl adjacent to an activating group) is 1. The summed E-state index contributed by atoms with van der Waals surface area (Å²) in [5, 5.41) is 2.98. The Kier molecular flexibility index (Phi) is 6.79.